The summed E-state index contributed by atoms with van der Waals surface area (Å²) in [7, 11) is 0. The van der Waals surface area contributed by atoms with Crippen LogP contribution in [-0.2, 0) is 0 Å². The molecule has 0 spiro atoms. The van der Waals surface area contributed by atoms with E-state index in [1.165, 1.54) is 5.57 Å². The predicted molar refractivity (Wildman–Crippen MR) is 55.4 cm³/mol. The Kier molecular flexibility index (Phi) is 2.76. The van der Waals surface area contributed by atoms with E-state index in [-0.39, 0.29) is 0 Å². The number of aromatic nitrogens is 1. The third kappa shape index (κ3) is 2.01. The summed E-state index contributed by atoms with van der Waals surface area (Å²) in [5.74, 6) is 0. The van der Waals surface area contributed by atoms with E-state index in [0.29, 0.717) is 0 Å². The molecular weight excluding hydrogens is 168 g/mol. The SMILES string of the molecule is C=Nc1sc(C)nc1C=C(C)C. The zero-order valence-electron chi connectivity index (χ0n) is 7.59. The fourth-order valence-corrected chi connectivity index (χ4v) is 1.61. The number of nitrogens with zero attached hydrogens (tertiary/aromatic N) is 2. The molecule has 0 radical (unpaired) electrons. The summed E-state index contributed by atoms with van der Waals surface area (Å²) in [6.45, 7) is 9.56. The minimum absolute atomic E-state index is 0.911. The van der Waals surface area contributed by atoms with E-state index in [1.54, 1.807) is 11.3 Å². The Hall–Kier alpha value is -0.960. The van der Waals surface area contributed by atoms with Gasteiger partial charge in [0.05, 0.1) is 5.01 Å². The normalized spacial score (nSPS) is 9.58. The van der Waals surface area contributed by atoms with Crippen LogP contribution in [0.3, 0.4) is 0 Å². The van der Waals surface area contributed by atoms with Crippen molar-refractivity contribution in [2.45, 2.75) is 20.8 Å². The van der Waals surface area contributed by atoms with Gasteiger partial charge in [-0.2, -0.15) is 0 Å². The highest BCUT2D eigenvalue weighted by Gasteiger charge is 2.03. The minimum Gasteiger partial charge on any atom is -0.251 e. The summed E-state index contributed by atoms with van der Waals surface area (Å²) in [6, 6.07) is 0. The topological polar surface area (TPSA) is 25.2 Å². The molecule has 1 heterocycles. The van der Waals surface area contributed by atoms with Crippen molar-refractivity contribution in [2.75, 3.05) is 0 Å². The van der Waals surface area contributed by atoms with Gasteiger partial charge in [0.1, 0.15) is 10.7 Å². The van der Waals surface area contributed by atoms with Gasteiger partial charge in [0.15, 0.2) is 0 Å². The van der Waals surface area contributed by atoms with Crippen molar-refractivity contribution in [2.24, 2.45) is 4.99 Å². The number of thiazole rings is 1. The monoisotopic (exact) mass is 180 g/mol. The van der Waals surface area contributed by atoms with Crippen LogP contribution in [0.1, 0.15) is 24.5 Å². The van der Waals surface area contributed by atoms with Crippen molar-refractivity contribution in [3.63, 3.8) is 0 Å². The van der Waals surface area contributed by atoms with Crippen LogP contribution in [-0.4, -0.2) is 11.7 Å². The third-order valence-corrected chi connectivity index (χ3v) is 2.23. The third-order valence-electron chi connectivity index (χ3n) is 1.31. The Morgan fingerprint density at radius 3 is 2.75 bits per heavy atom. The number of rotatable bonds is 2. The zero-order valence-corrected chi connectivity index (χ0v) is 8.40. The average molecular weight is 180 g/mol. The van der Waals surface area contributed by atoms with Gasteiger partial charge in [-0.25, -0.2) is 4.98 Å². The van der Waals surface area contributed by atoms with Gasteiger partial charge in [0, 0.05) is 0 Å². The van der Waals surface area contributed by atoms with Crippen molar-refractivity contribution in [3.8, 4) is 0 Å². The van der Waals surface area contributed by atoms with Gasteiger partial charge in [-0.3, -0.25) is 4.99 Å². The highest BCUT2D eigenvalue weighted by atomic mass is 32.1. The second kappa shape index (κ2) is 3.63. The maximum absolute atomic E-state index is 4.33. The maximum Gasteiger partial charge on any atom is 0.142 e. The second-order valence-corrected chi connectivity index (χ2v) is 3.98. The van der Waals surface area contributed by atoms with Crippen LogP contribution in [0, 0.1) is 6.92 Å². The van der Waals surface area contributed by atoms with Crippen LogP contribution in [0.4, 0.5) is 5.00 Å². The van der Waals surface area contributed by atoms with E-state index in [0.717, 1.165) is 15.7 Å². The quantitative estimate of drug-likeness (QED) is 0.641. The van der Waals surface area contributed by atoms with Gasteiger partial charge >= 0.3 is 0 Å². The largest absolute Gasteiger partial charge is 0.251 e. The van der Waals surface area contributed by atoms with Crippen molar-refractivity contribution in [3.05, 3.63) is 16.3 Å². The molecule has 0 N–H and O–H groups in total. The lowest BCUT2D eigenvalue weighted by atomic mass is 10.3. The Morgan fingerprint density at radius 1 is 1.58 bits per heavy atom. The molecule has 1 aromatic heterocycles. The molecule has 0 aromatic carbocycles. The number of hydrogen-bond acceptors (Lipinski definition) is 3. The van der Waals surface area contributed by atoms with Crippen LogP contribution in [0.2, 0.25) is 0 Å². The van der Waals surface area contributed by atoms with Crippen LogP contribution < -0.4 is 0 Å². The highest BCUT2D eigenvalue weighted by molar-refractivity contribution is 7.15. The lowest BCUT2D eigenvalue weighted by Crippen LogP contribution is -1.74. The number of hydrogen-bond donors (Lipinski definition) is 0. The second-order valence-electron chi connectivity index (χ2n) is 2.80. The van der Waals surface area contributed by atoms with E-state index in [1.807, 2.05) is 26.8 Å². The Bertz CT molecular complexity index is 319. The van der Waals surface area contributed by atoms with Crippen molar-refractivity contribution in [1.29, 1.82) is 0 Å². The van der Waals surface area contributed by atoms with Gasteiger partial charge in [0.25, 0.3) is 0 Å². The summed E-state index contributed by atoms with van der Waals surface area (Å²) in [6.07, 6.45) is 2.02. The molecule has 1 rings (SSSR count). The van der Waals surface area contributed by atoms with Gasteiger partial charge in [-0.15, -0.1) is 0 Å². The summed E-state index contributed by atoms with van der Waals surface area (Å²) < 4.78 is 0. The highest BCUT2D eigenvalue weighted by Crippen LogP contribution is 2.28. The van der Waals surface area contributed by atoms with Gasteiger partial charge in [-0.05, 0) is 33.6 Å². The van der Waals surface area contributed by atoms with Crippen LogP contribution >= 0.6 is 11.3 Å². The Balaban J connectivity index is 3.13. The fourth-order valence-electron chi connectivity index (χ4n) is 0.913. The molecule has 0 unspecified atom stereocenters. The molecule has 0 aliphatic heterocycles. The van der Waals surface area contributed by atoms with E-state index in [4.69, 9.17) is 0 Å². The molecule has 0 fully saturated rings. The summed E-state index contributed by atoms with van der Waals surface area (Å²) in [4.78, 5) is 8.24. The first kappa shape index (κ1) is 9.13. The molecule has 64 valence electrons. The smallest absolute Gasteiger partial charge is 0.142 e. The molecule has 0 aliphatic carbocycles. The minimum atomic E-state index is 0.911. The standard InChI is InChI=1S/C9H12N2S/c1-6(2)5-8-9(10-4)12-7(3)11-8/h5H,4H2,1-3H3. The Labute approximate surface area is 76.7 Å². The van der Waals surface area contributed by atoms with Gasteiger partial charge in [-0.1, -0.05) is 16.9 Å². The molecule has 12 heavy (non-hydrogen) atoms. The van der Waals surface area contributed by atoms with Crippen LogP contribution in [0.5, 0.6) is 0 Å². The molecule has 0 saturated carbocycles. The molecular formula is C9H12N2S. The predicted octanol–water partition coefficient (Wildman–Crippen LogP) is 3.21. The van der Waals surface area contributed by atoms with Crippen molar-refractivity contribution in [1.82, 2.24) is 4.98 Å². The lowest BCUT2D eigenvalue weighted by Gasteiger charge is -1.89. The molecule has 3 heteroatoms. The lowest BCUT2D eigenvalue weighted by molar-refractivity contribution is 1.26. The molecule has 2 nitrogen and oxygen atoms in total. The summed E-state index contributed by atoms with van der Waals surface area (Å²) in [5.41, 5.74) is 2.16. The number of aliphatic imine (C=N–C) groups is 1. The van der Waals surface area contributed by atoms with E-state index in [2.05, 4.69) is 16.7 Å². The Morgan fingerprint density at radius 2 is 2.25 bits per heavy atom. The van der Waals surface area contributed by atoms with Crippen molar-refractivity contribution < 1.29 is 0 Å². The maximum atomic E-state index is 4.33. The number of allylic oxidation sites excluding steroid dienone is 1. The fraction of sp³-hybridized carbons (Fsp3) is 0.333. The van der Waals surface area contributed by atoms with Gasteiger partial charge < -0.3 is 0 Å². The average Bonchev–Trinajstić information content (AvgIpc) is 2.29. The number of aryl methyl sites for hydroxylation is 1. The zero-order chi connectivity index (χ0) is 9.14. The molecule has 0 aliphatic rings. The molecule has 0 bridgehead atoms. The first-order chi connectivity index (χ1) is 5.63. The van der Waals surface area contributed by atoms with Gasteiger partial charge in [0.2, 0.25) is 0 Å². The first-order valence-corrected chi connectivity index (χ1v) is 4.54. The summed E-state index contributed by atoms with van der Waals surface area (Å²) >= 11 is 1.57. The molecule has 1 aromatic rings. The molecule has 0 atom stereocenters. The van der Waals surface area contributed by atoms with E-state index in [9.17, 15) is 0 Å². The van der Waals surface area contributed by atoms with E-state index < -0.39 is 0 Å². The van der Waals surface area contributed by atoms with Crippen LogP contribution in [0.25, 0.3) is 6.08 Å². The first-order valence-electron chi connectivity index (χ1n) is 3.72. The molecule has 0 amide bonds. The summed E-state index contributed by atoms with van der Waals surface area (Å²) in [5, 5.41) is 1.94. The molecule has 0 saturated heterocycles. The van der Waals surface area contributed by atoms with E-state index >= 15 is 0 Å². The van der Waals surface area contributed by atoms with Crippen LogP contribution in [0.15, 0.2) is 10.6 Å². The van der Waals surface area contributed by atoms with Crippen molar-refractivity contribution >= 4 is 29.1 Å².